The molecule has 0 aliphatic carbocycles. The van der Waals surface area contributed by atoms with E-state index in [1.807, 2.05) is 0 Å². The van der Waals surface area contributed by atoms with Crippen LogP contribution in [0.1, 0.15) is 36.0 Å². The average molecular weight is 479 g/mol. The number of ether oxygens (including phenoxy) is 1. The molecule has 32 heavy (non-hydrogen) atoms. The first kappa shape index (κ1) is 22.6. The molecule has 2 aromatic carbocycles. The minimum absolute atomic E-state index is 0.0704. The highest BCUT2D eigenvalue weighted by Gasteiger charge is 2.26. The molecule has 1 fully saturated rings. The molecule has 1 aliphatic rings. The van der Waals surface area contributed by atoms with Crippen molar-refractivity contribution in [3.05, 3.63) is 57.5 Å². The lowest BCUT2D eigenvalue weighted by molar-refractivity contribution is 0.0970. The van der Waals surface area contributed by atoms with Crippen LogP contribution in [-0.2, 0) is 16.6 Å². The highest BCUT2D eigenvalue weighted by molar-refractivity contribution is 7.89. The van der Waals surface area contributed by atoms with Crippen LogP contribution in [0.2, 0.25) is 5.02 Å². The molecule has 0 bridgehead atoms. The van der Waals surface area contributed by atoms with Gasteiger partial charge in [-0.25, -0.2) is 13.2 Å². The maximum Gasteiger partial charge on any atom is 0.420 e. The van der Waals surface area contributed by atoms with E-state index in [9.17, 15) is 18.0 Å². The van der Waals surface area contributed by atoms with Gasteiger partial charge in [0.15, 0.2) is 11.4 Å². The van der Waals surface area contributed by atoms with Crippen molar-refractivity contribution in [3.8, 4) is 5.75 Å². The summed E-state index contributed by atoms with van der Waals surface area (Å²) in [6, 6.07) is 8.91. The molecular weight excluding hydrogens is 456 g/mol. The second-order valence-corrected chi connectivity index (χ2v) is 10.0. The number of Topliss-reactive ketones (excluding diaryl/α,β-unsaturated/α-hetero) is 1. The standard InChI is InChI=1S/C22H23ClN2O6S/c1-30-20-9-6-15(12-17(20)23)19(26)14-25-18-8-7-16(13-21(18)31-22(25)27)32(28,29)24-10-4-2-3-5-11-24/h6-9,12-13H,2-5,10-11,14H2,1H3. The molecule has 0 spiro atoms. The molecule has 170 valence electrons. The molecule has 0 amide bonds. The number of aromatic nitrogens is 1. The van der Waals surface area contributed by atoms with Gasteiger partial charge in [-0.15, -0.1) is 0 Å². The Morgan fingerprint density at radius 2 is 1.81 bits per heavy atom. The Morgan fingerprint density at radius 3 is 2.47 bits per heavy atom. The average Bonchev–Trinajstić information content (AvgIpc) is 2.95. The number of ketones is 1. The quantitative estimate of drug-likeness (QED) is 0.501. The third-order valence-corrected chi connectivity index (χ3v) is 7.81. The van der Waals surface area contributed by atoms with Crippen LogP contribution < -0.4 is 10.5 Å². The number of carbonyl (C=O) groups excluding carboxylic acids is 1. The third-order valence-electron chi connectivity index (χ3n) is 5.62. The Bertz CT molecular complexity index is 1320. The van der Waals surface area contributed by atoms with Crippen molar-refractivity contribution in [1.29, 1.82) is 0 Å². The summed E-state index contributed by atoms with van der Waals surface area (Å²) in [5.74, 6) is -0.648. The summed E-state index contributed by atoms with van der Waals surface area (Å²) in [5.41, 5.74) is 0.779. The van der Waals surface area contributed by atoms with Gasteiger partial charge in [0.2, 0.25) is 10.0 Å². The first-order valence-electron chi connectivity index (χ1n) is 10.3. The summed E-state index contributed by atoms with van der Waals surface area (Å²) >= 11 is 6.09. The van der Waals surface area contributed by atoms with Crippen LogP contribution in [0.3, 0.4) is 0 Å². The molecule has 10 heteroatoms. The smallest absolute Gasteiger partial charge is 0.420 e. The normalized spacial score (nSPS) is 15.6. The van der Waals surface area contributed by atoms with Crippen LogP contribution in [0, 0.1) is 0 Å². The van der Waals surface area contributed by atoms with E-state index in [1.165, 1.54) is 40.2 Å². The van der Waals surface area contributed by atoms with Crippen LogP contribution in [0.5, 0.6) is 5.75 Å². The Labute approximate surface area is 190 Å². The van der Waals surface area contributed by atoms with Crippen LogP contribution in [0.4, 0.5) is 0 Å². The zero-order valence-electron chi connectivity index (χ0n) is 17.5. The number of oxazole rings is 1. The number of nitrogens with zero attached hydrogens (tertiary/aromatic N) is 2. The lowest BCUT2D eigenvalue weighted by Crippen LogP contribution is -2.31. The minimum Gasteiger partial charge on any atom is -0.495 e. The lowest BCUT2D eigenvalue weighted by atomic mass is 10.1. The number of rotatable bonds is 6. The van der Waals surface area contributed by atoms with Crippen molar-refractivity contribution >= 4 is 38.5 Å². The zero-order chi connectivity index (χ0) is 22.9. The topological polar surface area (TPSA) is 98.8 Å². The number of fused-ring (bicyclic) bond motifs is 1. The molecule has 0 atom stereocenters. The Morgan fingerprint density at radius 1 is 1.09 bits per heavy atom. The molecule has 2 heterocycles. The summed E-state index contributed by atoms with van der Waals surface area (Å²) in [4.78, 5) is 25.2. The third kappa shape index (κ3) is 4.32. The number of sulfonamides is 1. The molecule has 0 N–H and O–H groups in total. The van der Waals surface area contributed by atoms with E-state index >= 15 is 0 Å². The van der Waals surface area contributed by atoms with Gasteiger partial charge in [0.1, 0.15) is 5.75 Å². The molecule has 1 saturated heterocycles. The summed E-state index contributed by atoms with van der Waals surface area (Å²) in [5, 5.41) is 0.283. The largest absolute Gasteiger partial charge is 0.495 e. The second-order valence-electron chi connectivity index (χ2n) is 7.67. The summed E-state index contributed by atoms with van der Waals surface area (Å²) in [6.45, 7) is 0.682. The van der Waals surface area contributed by atoms with Crippen molar-refractivity contribution in [1.82, 2.24) is 8.87 Å². The second kappa shape index (κ2) is 9.09. The Hall–Kier alpha value is -2.62. The van der Waals surface area contributed by atoms with E-state index in [4.69, 9.17) is 20.8 Å². The molecule has 0 radical (unpaired) electrons. The van der Waals surface area contributed by atoms with Crippen molar-refractivity contribution < 1.29 is 22.4 Å². The van der Waals surface area contributed by atoms with E-state index in [1.54, 1.807) is 12.1 Å². The predicted octanol–water partition coefficient (Wildman–Crippen LogP) is 3.70. The minimum atomic E-state index is -3.69. The van der Waals surface area contributed by atoms with Gasteiger partial charge < -0.3 is 9.15 Å². The van der Waals surface area contributed by atoms with Crippen LogP contribution in [-0.4, -0.2) is 43.3 Å². The SMILES string of the molecule is COc1ccc(C(=O)Cn2c(=O)oc3cc(S(=O)(=O)N4CCCCCC4)ccc32)cc1Cl. The molecule has 0 saturated carbocycles. The van der Waals surface area contributed by atoms with Gasteiger partial charge in [0.25, 0.3) is 0 Å². The molecule has 1 aromatic heterocycles. The lowest BCUT2D eigenvalue weighted by Gasteiger charge is -2.19. The Kier molecular flexibility index (Phi) is 6.41. The van der Waals surface area contributed by atoms with Gasteiger partial charge in [-0.2, -0.15) is 4.31 Å². The van der Waals surface area contributed by atoms with E-state index in [-0.39, 0.29) is 27.8 Å². The summed E-state index contributed by atoms with van der Waals surface area (Å²) in [6.07, 6.45) is 3.67. The molecular formula is C22H23ClN2O6S. The first-order valence-corrected chi connectivity index (χ1v) is 12.1. The van der Waals surface area contributed by atoms with Crippen LogP contribution in [0.25, 0.3) is 11.1 Å². The highest BCUT2D eigenvalue weighted by Crippen LogP contribution is 2.26. The van der Waals surface area contributed by atoms with Gasteiger partial charge in [-0.1, -0.05) is 24.4 Å². The van der Waals surface area contributed by atoms with Crippen molar-refractivity contribution in [2.45, 2.75) is 37.1 Å². The molecule has 1 aliphatic heterocycles. The van der Waals surface area contributed by atoms with E-state index < -0.39 is 15.8 Å². The van der Waals surface area contributed by atoms with Gasteiger partial charge in [0, 0.05) is 24.7 Å². The number of methoxy groups -OCH3 is 1. The first-order chi connectivity index (χ1) is 15.3. The summed E-state index contributed by atoms with van der Waals surface area (Å²) < 4.78 is 39.1. The number of benzene rings is 2. The van der Waals surface area contributed by atoms with Crippen molar-refractivity contribution in [2.24, 2.45) is 0 Å². The maximum absolute atomic E-state index is 13.0. The maximum atomic E-state index is 13.0. The Balaban J connectivity index is 1.63. The molecule has 3 aromatic rings. The van der Waals surface area contributed by atoms with Gasteiger partial charge in [-0.3, -0.25) is 9.36 Å². The van der Waals surface area contributed by atoms with E-state index in [0.29, 0.717) is 29.9 Å². The number of hydrogen-bond acceptors (Lipinski definition) is 6. The molecule has 0 unspecified atom stereocenters. The van der Waals surface area contributed by atoms with Gasteiger partial charge in [0.05, 0.1) is 29.1 Å². The fourth-order valence-electron chi connectivity index (χ4n) is 3.86. The van der Waals surface area contributed by atoms with Gasteiger partial charge in [-0.05, 0) is 43.2 Å². The van der Waals surface area contributed by atoms with E-state index in [0.717, 1.165) is 25.7 Å². The fourth-order valence-corrected chi connectivity index (χ4v) is 5.65. The predicted molar refractivity (Wildman–Crippen MR) is 120 cm³/mol. The van der Waals surface area contributed by atoms with Crippen LogP contribution >= 0.6 is 11.6 Å². The van der Waals surface area contributed by atoms with Crippen LogP contribution in [0.15, 0.2) is 50.5 Å². The summed E-state index contributed by atoms with van der Waals surface area (Å²) in [7, 11) is -2.22. The zero-order valence-corrected chi connectivity index (χ0v) is 19.1. The van der Waals surface area contributed by atoms with Crippen molar-refractivity contribution in [2.75, 3.05) is 20.2 Å². The van der Waals surface area contributed by atoms with Gasteiger partial charge >= 0.3 is 5.76 Å². The number of hydrogen-bond donors (Lipinski definition) is 0. The number of carbonyl (C=O) groups is 1. The highest BCUT2D eigenvalue weighted by atomic mass is 35.5. The monoisotopic (exact) mass is 478 g/mol. The molecule has 4 rings (SSSR count). The molecule has 8 nitrogen and oxygen atoms in total. The number of halogens is 1. The fraction of sp³-hybridized carbons (Fsp3) is 0.364. The van der Waals surface area contributed by atoms with E-state index in [2.05, 4.69) is 0 Å². The van der Waals surface area contributed by atoms with Crippen molar-refractivity contribution in [3.63, 3.8) is 0 Å².